The van der Waals surface area contributed by atoms with E-state index in [1.54, 1.807) is 10.7 Å². The Morgan fingerprint density at radius 3 is 2.61 bits per heavy atom. The van der Waals surface area contributed by atoms with Crippen LogP contribution in [0, 0.1) is 0 Å². The number of carbonyl (C=O) groups excluding carboxylic acids is 1. The van der Waals surface area contributed by atoms with Crippen molar-refractivity contribution in [2.24, 2.45) is 5.73 Å². The van der Waals surface area contributed by atoms with Crippen molar-refractivity contribution in [2.45, 2.75) is 32.0 Å². The molecular weight excluding hydrogens is 410 g/mol. The van der Waals surface area contributed by atoms with Crippen LogP contribution < -0.4 is 11.1 Å². The highest BCUT2D eigenvalue weighted by molar-refractivity contribution is 6.04. The van der Waals surface area contributed by atoms with Crippen LogP contribution in [0.5, 0.6) is 0 Å². The lowest BCUT2D eigenvalue weighted by atomic mass is 10.0. The highest BCUT2D eigenvalue weighted by Gasteiger charge is 2.19. The van der Waals surface area contributed by atoms with Gasteiger partial charge in [0.1, 0.15) is 5.52 Å². The molecule has 0 spiro atoms. The van der Waals surface area contributed by atoms with E-state index in [0.29, 0.717) is 17.1 Å². The Labute approximate surface area is 194 Å². The van der Waals surface area contributed by atoms with Gasteiger partial charge < -0.3 is 11.1 Å². The predicted molar refractivity (Wildman–Crippen MR) is 131 cm³/mol. The van der Waals surface area contributed by atoms with Crippen molar-refractivity contribution in [2.75, 3.05) is 13.1 Å². The van der Waals surface area contributed by atoms with E-state index in [4.69, 9.17) is 5.73 Å². The second-order valence-corrected chi connectivity index (χ2v) is 8.79. The number of primary amides is 1. The highest BCUT2D eigenvalue weighted by Crippen LogP contribution is 2.20. The zero-order chi connectivity index (χ0) is 22.6. The first-order valence-corrected chi connectivity index (χ1v) is 11.5. The molecule has 6 nitrogen and oxygen atoms in total. The fourth-order valence-electron chi connectivity index (χ4n) is 4.61. The molecule has 0 radical (unpaired) electrons. The lowest BCUT2D eigenvalue weighted by molar-refractivity contribution is 0.100. The summed E-state index contributed by atoms with van der Waals surface area (Å²) in [6.07, 6.45) is 4.37. The van der Waals surface area contributed by atoms with E-state index < -0.39 is 5.91 Å². The Kier molecular flexibility index (Phi) is 6.19. The molecule has 1 aliphatic heterocycles. The number of hydrogen-bond donors (Lipinski definition) is 2. The van der Waals surface area contributed by atoms with Gasteiger partial charge in [-0.2, -0.15) is 5.10 Å². The first-order chi connectivity index (χ1) is 16.2. The monoisotopic (exact) mass is 439 g/mol. The third kappa shape index (κ3) is 4.97. The van der Waals surface area contributed by atoms with Crippen LogP contribution in [0.4, 0.5) is 0 Å². The van der Waals surface area contributed by atoms with Gasteiger partial charge in [-0.3, -0.25) is 9.69 Å². The van der Waals surface area contributed by atoms with Crippen molar-refractivity contribution >= 4 is 16.8 Å². The van der Waals surface area contributed by atoms with Crippen LogP contribution in [0.3, 0.4) is 0 Å². The first kappa shape index (κ1) is 21.4. The summed E-state index contributed by atoms with van der Waals surface area (Å²) in [4.78, 5) is 14.2. The molecule has 1 atom stereocenters. The molecule has 3 aromatic carbocycles. The number of aromatic nitrogens is 2. The molecule has 0 aliphatic carbocycles. The fraction of sp³-hybridized carbons (Fsp3) is 0.259. The standard InChI is InChI=1S/C27H29N5O/c28-27(33)25-10-4-8-22-18-32(30-26(22)25)24-13-11-20(12-14-24)16-29-23-9-5-15-31(19-23)17-21-6-2-1-3-7-21/h1-4,6-8,10-14,18,23,29H,5,9,15-17,19H2,(H2,28,33). The van der Waals surface area contributed by atoms with Crippen molar-refractivity contribution in [1.82, 2.24) is 20.0 Å². The van der Waals surface area contributed by atoms with Crippen LogP contribution in [-0.2, 0) is 13.1 Å². The van der Waals surface area contributed by atoms with Gasteiger partial charge in [0.2, 0.25) is 0 Å². The largest absolute Gasteiger partial charge is 0.366 e. The Hall–Kier alpha value is -3.48. The van der Waals surface area contributed by atoms with Crippen LogP contribution in [0.2, 0.25) is 0 Å². The van der Waals surface area contributed by atoms with Gasteiger partial charge >= 0.3 is 0 Å². The van der Waals surface area contributed by atoms with Crippen LogP contribution in [0.25, 0.3) is 16.6 Å². The molecule has 2 heterocycles. The summed E-state index contributed by atoms with van der Waals surface area (Å²) in [6.45, 7) is 4.10. The summed E-state index contributed by atoms with van der Waals surface area (Å²) in [7, 11) is 0. The summed E-state index contributed by atoms with van der Waals surface area (Å²) in [5.41, 5.74) is 10.1. The second-order valence-electron chi connectivity index (χ2n) is 8.79. The van der Waals surface area contributed by atoms with E-state index in [0.717, 1.165) is 37.3 Å². The number of benzene rings is 3. The maximum absolute atomic E-state index is 11.7. The van der Waals surface area contributed by atoms with Crippen LogP contribution in [-0.4, -0.2) is 39.7 Å². The van der Waals surface area contributed by atoms with Gasteiger partial charge in [-0.15, -0.1) is 0 Å². The summed E-state index contributed by atoms with van der Waals surface area (Å²) < 4.78 is 1.80. The number of fused-ring (bicyclic) bond motifs is 1. The number of carbonyl (C=O) groups is 1. The zero-order valence-corrected chi connectivity index (χ0v) is 18.7. The quantitative estimate of drug-likeness (QED) is 0.458. The van der Waals surface area contributed by atoms with Crippen molar-refractivity contribution in [3.8, 4) is 5.69 Å². The molecule has 0 bridgehead atoms. The molecule has 1 aliphatic rings. The Bertz CT molecular complexity index is 1230. The number of hydrogen-bond acceptors (Lipinski definition) is 4. The molecule has 4 aromatic rings. The summed E-state index contributed by atoms with van der Waals surface area (Å²) >= 11 is 0. The summed E-state index contributed by atoms with van der Waals surface area (Å²) in [5.74, 6) is -0.461. The Morgan fingerprint density at radius 1 is 1.00 bits per heavy atom. The molecule has 1 saturated heterocycles. The molecule has 0 saturated carbocycles. The molecule has 1 unspecified atom stereocenters. The maximum Gasteiger partial charge on any atom is 0.250 e. The number of amides is 1. The molecule has 5 rings (SSSR count). The third-order valence-electron chi connectivity index (χ3n) is 6.35. The number of nitrogens with two attached hydrogens (primary N) is 1. The molecule has 168 valence electrons. The maximum atomic E-state index is 11.7. The van der Waals surface area contributed by atoms with Crippen molar-refractivity contribution in [3.63, 3.8) is 0 Å². The van der Waals surface area contributed by atoms with E-state index in [2.05, 4.69) is 69.9 Å². The second kappa shape index (κ2) is 9.57. The van der Waals surface area contributed by atoms with E-state index in [1.165, 1.54) is 24.0 Å². The van der Waals surface area contributed by atoms with Gasteiger partial charge in [0.05, 0.1) is 11.3 Å². The molecular formula is C27H29N5O. The van der Waals surface area contributed by atoms with Crippen LogP contribution in [0.15, 0.2) is 79.0 Å². The van der Waals surface area contributed by atoms with Crippen LogP contribution >= 0.6 is 0 Å². The zero-order valence-electron chi connectivity index (χ0n) is 18.7. The van der Waals surface area contributed by atoms with Crippen LogP contribution in [0.1, 0.15) is 34.3 Å². The number of rotatable bonds is 7. The molecule has 6 heteroatoms. The smallest absolute Gasteiger partial charge is 0.250 e. The minimum atomic E-state index is -0.461. The topological polar surface area (TPSA) is 76.2 Å². The molecule has 3 N–H and O–H groups in total. The molecule has 1 fully saturated rings. The third-order valence-corrected chi connectivity index (χ3v) is 6.35. The normalized spacial score (nSPS) is 16.8. The first-order valence-electron chi connectivity index (χ1n) is 11.5. The highest BCUT2D eigenvalue weighted by atomic mass is 16.1. The average Bonchev–Trinajstić information content (AvgIpc) is 3.28. The van der Waals surface area contributed by atoms with Gasteiger partial charge in [0.15, 0.2) is 0 Å². The minimum absolute atomic E-state index is 0.445. The van der Waals surface area contributed by atoms with Crippen molar-refractivity contribution in [1.29, 1.82) is 0 Å². The number of likely N-dealkylation sites (tertiary alicyclic amines) is 1. The van der Waals surface area contributed by atoms with E-state index in [-0.39, 0.29) is 0 Å². The van der Waals surface area contributed by atoms with Gasteiger partial charge in [0.25, 0.3) is 5.91 Å². The Balaban J connectivity index is 1.20. The summed E-state index contributed by atoms with van der Waals surface area (Å²) in [6, 6.07) is 25.1. The lowest BCUT2D eigenvalue weighted by Crippen LogP contribution is -2.45. The number of nitrogens with one attached hydrogen (secondary N) is 1. The average molecular weight is 440 g/mol. The van der Waals surface area contributed by atoms with Gasteiger partial charge in [-0.05, 0) is 48.7 Å². The van der Waals surface area contributed by atoms with Crippen molar-refractivity contribution < 1.29 is 4.79 Å². The summed E-state index contributed by atoms with van der Waals surface area (Å²) in [5, 5.41) is 9.23. The number of piperidine rings is 1. The minimum Gasteiger partial charge on any atom is -0.366 e. The Morgan fingerprint density at radius 2 is 1.82 bits per heavy atom. The molecule has 1 amide bonds. The fourth-order valence-corrected chi connectivity index (χ4v) is 4.61. The van der Waals surface area contributed by atoms with E-state index >= 15 is 0 Å². The predicted octanol–water partition coefficient (Wildman–Crippen LogP) is 3.88. The van der Waals surface area contributed by atoms with Gasteiger partial charge in [-0.1, -0.05) is 54.6 Å². The van der Waals surface area contributed by atoms with Gasteiger partial charge in [-0.25, -0.2) is 4.68 Å². The van der Waals surface area contributed by atoms with E-state index in [9.17, 15) is 4.79 Å². The molecule has 1 aromatic heterocycles. The SMILES string of the molecule is NC(=O)c1cccc2cn(-c3ccc(CNC4CCCN(Cc5ccccc5)C4)cc3)nc12. The lowest BCUT2D eigenvalue weighted by Gasteiger charge is -2.33. The van der Waals surface area contributed by atoms with E-state index in [1.807, 2.05) is 18.3 Å². The van der Waals surface area contributed by atoms with Gasteiger partial charge in [0, 0.05) is 37.3 Å². The molecule has 33 heavy (non-hydrogen) atoms. The van der Waals surface area contributed by atoms with Crippen molar-refractivity contribution in [3.05, 3.63) is 95.7 Å². The number of nitrogens with zero attached hydrogens (tertiary/aromatic N) is 3.